The molecule has 2 unspecified atom stereocenters. The van der Waals surface area contributed by atoms with Crippen molar-refractivity contribution in [3.8, 4) is 0 Å². The first-order valence-corrected chi connectivity index (χ1v) is 26.7. The van der Waals surface area contributed by atoms with Crippen LogP contribution in [0.2, 0.25) is 0 Å². The van der Waals surface area contributed by atoms with Crippen LogP contribution in [0.4, 0.5) is 37.7 Å². The fraction of sp³-hybridized carbons (Fsp3) is 0.346. The van der Waals surface area contributed by atoms with Crippen molar-refractivity contribution in [3.05, 3.63) is 176 Å². The number of carbonyl (C=O) groups is 2. The predicted molar refractivity (Wildman–Crippen MR) is 280 cm³/mol. The van der Waals surface area contributed by atoms with E-state index in [1.54, 1.807) is 0 Å². The Balaban J connectivity index is 0.00000101. The van der Waals surface area contributed by atoms with Crippen LogP contribution >= 0.6 is 31.9 Å². The molecule has 0 bridgehead atoms. The average Bonchev–Trinajstić information content (AvgIpc) is 3.23. The summed E-state index contributed by atoms with van der Waals surface area (Å²) in [6, 6.07) is 3.10. The second kappa shape index (κ2) is 26.5. The standard InChI is InChI=1S/C50H60Br2N4O2.2CHF3O3S/c1-33(17-13-19-35(3)21-23-43-37(5)47(57)45(27-49(43,7)8)55-29-39(51)25-41(53)31-55)15-11-12-16-34(2)18-14-20-36(4)22-24-44-38(6)48(58)46(28-50(44,9)10)56-30-40(52)26-42(54)32-56;2*2-1(3,4)8(5,6)7/h11-26,29-32,45-46H,27-28,53-54H2,1-10H3;2*(H,5,6,7)/q+2;;/p-2/b12-11+,17-13+,18-14+,23-21+,24-22+,33-15+,34-16+,35-19+,36-20+;;. The maximum Gasteiger partial charge on any atom is 0.485 e. The van der Waals surface area contributed by atoms with Crippen LogP contribution in [-0.4, -0.2) is 48.5 Å². The van der Waals surface area contributed by atoms with E-state index in [1.165, 1.54) is 0 Å². The minimum absolute atomic E-state index is 0.124. The van der Waals surface area contributed by atoms with Crippen LogP contribution in [-0.2, 0) is 29.8 Å². The highest BCUT2D eigenvalue weighted by molar-refractivity contribution is 9.10. The second-order valence-electron chi connectivity index (χ2n) is 18.7. The summed E-state index contributed by atoms with van der Waals surface area (Å²) in [5, 5.41) is 0. The fourth-order valence-corrected chi connectivity index (χ4v) is 8.64. The minimum Gasteiger partial charge on any atom is -0.741 e. The maximum atomic E-state index is 13.5. The molecule has 4 rings (SSSR count). The van der Waals surface area contributed by atoms with E-state index in [0.717, 1.165) is 53.5 Å². The van der Waals surface area contributed by atoms with E-state index >= 15 is 0 Å². The van der Waals surface area contributed by atoms with Crippen LogP contribution in [0.15, 0.2) is 176 Å². The van der Waals surface area contributed by atoms with Gasteiger partial charge in [-0.3, -0.25) is 9.59 Å². The van der Waals surface area contributed by atoms with Crippen LogP contribution < -0.4 is 20.6 Å². The first-order valence-electron chi connectivity index (χ1n) is 22.3. The van der Waals surface area contributed by atoms with Crippen molar-refractivity contribution in [2.45, 2.75) is 105 Å². The Bertz CT molecular complexity index is 2790. The van der Waals surface area contributed by atoms with E-state index in [0.29, 0.717) is 24.2 Å². The summed E-state index contributed by atoms with van der Waals surface area (Å²) in [6.45, 7) is 20.9. The summed E-state index contributed by atoms with van der Waals surface area (Å²) >= 11 is 7.02. The number of aromatic nitrogens is 2. The number of hydrogen-bond donors (Lipinski definition) is 2. The largest absolute Gasteiger partial charge is 0.741 e. The summed E-state index contributed by atoms with van der Waals surface area (Å²) < 4.78 is 123. The van der Waals surface area contributed by atoms with E-state index in [-0.39, 0.29) is 34.5 Å². The van der Waals surface area contributed by atoms with Gasteiger partial charge in [-0.2, -0.15) is 35.5 Å². The van der Waals surface area contributed by atoms with Crippen molar-refractivity contribution in [2.75, 3.05) is 11.5 Å². The molecule has 0 amide bonds. The number of hydrogen-bond acceptors (Lipinski definition) is 10. The Morgan fingerprint density at radius 2 is 0.851 bits per heavy atom. The number of ketones is 2. The molecule has 2 heterocycles. The van der Waals surface area contributed by atoms with Gasteiger partial charge in [-0.05, 0) is 108 Å². The van der Waals surface area contributed by atoms with Gasteiger partial charge < -0.3 is 20.6 Å². The van der Waals surface area contributed by atoms with Crippen molar-refractivity contribution < 1.29 is 71.0 Å². The Labute approximate surface area is 446 Å². The Morgan fingerprint density at radius 3 is 1.12 bits per heavy atom. The second-order valence-corrected chi connectivity index (χ2v) is 23.3. The zero-order valence-corrected chi connectivity index (χ0v) is 47.1. The molecule has 404 valence electrons. The SMILES string of the molecule is CC1=C(/C=C/C(C)=C/C=C/C(C)=C/C=C/C=C(C)/C=C/C=C(C)/C=C/C2=C(C)C(=O)C([n+]3cc(N)cc(Br)c3)CC2(C)C)C(C)(C)CC([n+]2cc(N)cc(Br)c2)C1=O.O=S(=O)([O-])C(F)(F)F.O=S(=O)([O-])C(F)(F)F. The molecule has 0 aliphatic heterocycles. The Kier molecular flexibility index (Phi) is 23.2. The quantitative estimate of drug-likeness (QED) is 0.0675. The molecule has 2 atom stereocenters. The lowest BCUT2D eigenvalue weighted by Gasteiger charge is -2.34. The third kappa shape index (κ3) is 20.1. The van der Waals surface area contributed by atoms with Crippen LogP contribution in [0.1, 0.15) is 94.2 Å². The molecule has 2 aromatic rings. The van der Waals surface area contributed by atoms with Gasteiger partial charge >= 0.3 is 11.0 Å². The maximum absolute atomic E-state index is 13.5. The van der Waals surface area contributed by atoms with Gasteiger partial charge in [0, 0.05) is 24.0 Å². The van der Waals surface area contributed by atoms with Gasteiger partial charge in [-0.1, -0.05) is 135 Å². The average molecular weight is 1210 g/mol. The molecule has 0 saturated carbocycles. The molecule has 0 aromatic carbocycles. The van der Waals surface area contributed by atoms with Crippen LogP contribution in [0, 0.1) is 10.8 Å². The number of Topliss-reactive ketones (excluding diaryl/α,β-unsaturated/α-hetero) is 2. The van der Waals surface area contributed by atoms with Gasteiger partial charge in [0.25, 0.3) is 0 Å². The van der Waals surface area contributed by atoms with E-state index in [1.807, 2.05) is 72.1 Å². The van der Waals surface area contributed by atoms with Gasteiger partial charge in [0.1, 0.15) is 0 Å². The van der Waals surface area contributed by atoms with E-state index < -0.39 is 31.3 Å². The number of nitrogen functional groups attached to an aromatic ring is 2. The summed E-state index contributed by atoms with van der Waals surface area (Å²) in [7, 11) is -12.2. The van der Waals surface area contributed by atoms with Crippen molar-refractivity contribution in [1.29, 1.82) is 0 Å². The van der Waals surface area contributed by atoms with Crippen LogP contribution in [0.3, 0.4) is 0 Å². The molecule has 2 aromatic heterocycles. The number of halogens is 8. The number of pyridine rings is 2. The molecular formula is C52H60Br2F6N4O8S2. The first kappa shape index (κ1) is 64.9. The lowest BCUT2D eigenvalue weighted by molar-refractivity contribution is -0.711. The molecule has 74 heavy (non-hydrogen) atoms. The number of carbonyl (C=O) groups excluding carboxylic acids is 2. The fourth-order valence-electron chi connectivity index (χ4n) is 7.64. The van der Waals surface area contributed by atoms with Gasteiger partial charge in [0.05, 0.1) is 20.3 Å². The van der Waals surface area contributed by atoms with Crippen molar-refractivity contribution in [1.82, 2.24) is 0 Å². The number of allylic oxidation sites excluding steroid dienone is 22. The Morgan fingerprint density at radius 1 is 0.581 bits per heavy atom. The van der Waals surface area contributed by atoms with Gasteiger partial charge in [0.2, 0.25) is 23.7 Å². The summed E-state index contributed by atoms with van der Waals surface area (Å²) in [5.74, 6) is 0.249. The number of anilines is 2. The van der Waals surface area contributed by atoms with Gasteiger partial charge in [0.15, 0.2) is 45.0 Å². The highest BCUT2D eigenvalue weighted by atomic mass is 79.9. The lowest BCUT2D eigenvalue weighted by Crippen LogP contribution is -2.49. The molecule has 22 heteroatoms. The van der Waals surface area contributed by atoms with Crippen LogP contribution in [0.5, 0.6) is 0 Å². The molecule has 2 aliphatic rings. The van der Waals surface area contributed by atoms with Gasteiger partial charge in [-0.25, -0.2) is 16.8 Å². The minimum atomic E-state index is -6.09. The van der Waals surface area contributed by atoms with E-state index in [4.69, 9.17) is 37.4 Å². The molecule has 2 aliphatic carbocycles. The first-order chi connectivity index (χ1) is 33.7. The zero-order chi connectivity index (χ0) is 56.9. The predicted octanol–water partition coefficient (Wildman–Crippen LogP) is 12.0. The molecule has 0 saturated heterocycles. The van der Waals surface area contributed by atoms with Crippen LogP contribution in [0.25, 0.3) is 0 Å². The topological polar surface area (TPSA) is 208 Å². The third-order valence-electron chi connectivity index (χ3n) is 11.3. The molecular weight excluding hydrogens is 1150 g/mol. The number of nitrogens with zero attached hydrogens (tertiary/aromatic N) is 2. The normalized spacial score (nSPS) is 19.8. The monoisotopic (exact) mass is 1200 g/mol. The molecule has 12 nitrogen and oxygen atoms in total. The molecule has 0 spiro atoms. The number of nitrogens with two attached hydrogens (primary N) is 2. The summed E-state index contributed by atoms with van der Waals surface area (Å²) in [6.07, 6.45) is 38.0. The highest BCUT2D eigenvalue weighted by Crippen LogP contribution is 2.44. The molecule has 4 N–H and O–H groups in total. The zero-order valence-electron chi connectivity index (χ0n) is 42.3. The Hall–Kier alpha value is -5.26. The summed E-state index contributed by atoms with van der Waals surface area (Å²) in [5.41, 5.74) is 9.91. The lowest BCUT2D eigenvalue weighted by atomic mass is 9.70. The van der Waals surface area contributed by atoms with E-state index in [9.17, 15) is 35.9 Å². The van der Waals surface area contributed by atoms with Crippen molar-refractivity contribution >= 4 is 75.0 Å². The molecule has 0 radical (unpaired) electrons. The number of alkyl halides is 6. The third-order valence-corrected chi connectivity index (χ3v) is 13.3. The number of rotatable bonds is 12. The highest BCUT2D eigenvalue weighted by Gasteiger charge is 2.44. The van der Waals surface area contributed by atoms with E-state index in [2.05, 4.69) is 160 Å². The summed E-state index contributed by atoms with van der Waals surface area (Å²) in [4.78, 5) is 26.9. The van der Waals surface area contributed by atoms with Crippen molar-refractivity contribution in [3.63, 3.8) is 0 Å². The van der Waals surface area contributed by atoms with Gasteiger partial charge in [-0.15, -0.1) is 0 Å². The van der Waals surface area contributed by atoms with Crippen molar-refractivity contribution in [2.24, 2.45) is 10.8 Å². The molecule has 0 fully saturated rings. The smallest absolute Gasteiger partial charge is 0.485 e.